The normalized spacial score (nSPS) is 17.7. The van der Waals surface area contributed by atoms with Gasteiger partial charge in [0.1, 0.15) is 127 Å². The predicted molar refractivity (Wildman–Crippen MR) is 209 cm³/mol. The van der Waals surface area contributed by atoms with Gasteiger partial charge in [0.25, 0.3) is 0 Å². The van der Waals surface area contributed by atoms with Crippen molar-refractivity contribution in [3.05, 3.63) is 88.5 Å². The first-order valence-corrected chi connectivity index (χ1v) is 18.4. The van der Waals surface area contributed by atoms with Gasteiger partial charge >= 0.3 is 29.8 Å². The van der Waals surface area contributed by atoms with Crippen molar-refractivity contribution in [1.82, 2.24) is 0 Å². The Labute approximate surface area is 370 Å². The fourth-order valence-corrected chi connectivity index (χ4v) is 6.48. The van der Waals surface area contributed by atoms with Crippen LogP contribution in [0.15, 0.2) is 60.7 Å². The topological polar surface area (TPSA) is 444 Å². The zero-order valence-electron chi connectivity index (χ0n) is 33.1. The molecule has 67 heavy (non-hydrogen) atoms. The van der Waals surface area contributed by atoms with E-state index in [-0.39, 0.29) is 0 Å². The molecule has 1 aliphatic heterocycles. The highest BCUT2D eigenvalue weighted by atomic mass is 16.7. The standard InChI is InChI=1S/C41H32O26/c42-12-1-17(47)28(18(48)2-12)36(57)62-11-27-33(64-37(58)29-19(49)3-13(43)4-20(29)50)34(65-38(59)30-21(51)5-14(44)6-22(30)52)35(66-39(60)31-23(53)7-15(45)8-24(31)54)41(63-27)67-40(61)32-25(55)9-16(46)10-26(32)56/h1-10,27,33-35,41-56H,11H2/t27?,33-,34?,35-,41?/m1/s1. The summed E-state index contributed by atoms with van der Waals surface area (Å²) in [7, 11) is 0. The average molecular weight is 941 g/mol. The monoisotopic (exact) mass is 940 g/mol. The van der Waals surface area contributed by atoms with E-state index < -0.39 is 181 Å². The fraction of sp³-hybridized carbons (Fsp3) is 0.146. The first-order chi connectivity index (χ1) is 31.4. The lowest BCUT2D eigenvalue weighted by Gasteiger charge is -2.44. The molecule has 352 valence electrons. The fourth-order valence-electron chi connectivity index (χ4n) is 6.48. The van der Waals surface area contributed by atoms with Crippen molar-refractivity contribution < 1.29 is 129 Å². The first-order valence-electron chi connectivity index (χ1n) is 18.4. The van der Waals surface area contributed by atoms with Crippen molar-refractivity contribution in [3.8, 4) is 86.2 Å². The quantitative estimate of drug-likeness (QED) is 0.0661. The summed E-state index contributed by atoms with van der Waals surface area (Å²) in [4.78, 5) is 68.8. The van der Waals surface area contributed by atoms with Gasteiger partial charge in [0, 0.05) is 60.7 Å². The molecule has 1 heterocycles. The SMILES string of the molecule is O=C(OCC1OC(OC(=O)c2c(O)cc(O)cc2O)[C@H](OC(=O)c2c(O)cc(O)cc2O)C(OC(=O)c2c(O)cc(O)cc2O)[C@@H]1OC(=O)c1c(O)cc(O)cc1O)c1c(O)cc(O)cc1O. The molecular formula is C41H32O26. The van der Waals surface area contributed by atoms with Crippen LogP contribution in [0.5, 0.6) is 86.2 Å². The summed E-state index contributed by atoms with van der Waals surface area (Å²) in [5.41, 5.74) is -5.72. The van der Waals surface area contributed by atoms with Gasteiger partial charge in [0.05, 0.1) is 0 Å². The van der Waals surface area contributed by atoms with Crippen LogP contribution >= 0.6 is 0 Å². The second-order valence-electron chi connectivity index (χ2n) is 14.0. The zero-order valence-corrected chi connectivity index (χ0v) is 33.1. The van der Waals surface area contributed by atoms with Gasteiger partial charge in [-0.1, -0.05) is 0 Å². The Balaban J connectivity index is 1.56. The molecule has 1 fully saturated rings. The summed E-state index contributed by atoms with van der Waals surface area (Å²) >= 11 is 0. The predicted octanol–water partition coefficient (Wildman–Crippen LogP) is 1.69. The van der Waals surface area contributed by atoms with E-state index >= 15 is 0 Å². The number of phenols is 15. The summed E-state index contributed by atoms with van der Waals surface area (Å²) in [5, 5.41) is 154. The second kappa shape index (κ2) is 18.3. The largest absolute Gasteiger partial charge is 0.508 e. The third-order valence-corrected chi connectivity index (χ3v) is 9.35. The molecule has 0 aliphatic carbocycles. The van der Waals surface area contributed by atoms with Gasteiger partial charge in [-0.15, -0.1) is 0 Å². The number of carbonyl (C=O) groups excluding carboxylic acids is 5. The van der Waals surface area contributed by atoms with Crippen LogP contribution in [-0.2, 0) is 28.4 Å². The number of phenolic OH excluding ortho intramolecular Hbond substituents is 15. The first kappa shape index (κ1) is 46.9. The van der Waals surface area contributed by atoms with Gasteiger partial charge in [-0.25, -0.2) is 24.0 Å². The molecule has 1 saturated heterocycles. The molecule has 0 saturated carbocycles. The molecule has 15 N–H and O–H groups in total. The molecule has 0 spiro atoms. The lowest BCUT2D eigenvalue weighted by molar-refractivity contribution is -0.283. The van der Waals surface area contributed by atoms with Gasteiger partial charge in [-0.05, 0) is 0 Å². The van der Waals surface area contributed by atoms with E-state index in [0.717, 1.165) is 0 Å². The molecule has 6 rings (SSSR count). The highest BCUT2D eigenvalue weighted by Gasteiger charge is 2.55. The number of rotatable bonds is 11. The van der Waals surface area contributed by atoms with Gasteiger partial charge in [-0.3, -0.25) is 0 Å². The summed E-state index contributed by atoms with van der Waals surface area (Å²) in [5.74, 6) is -24.8. The molecule has 1 aliphatic rings. The second-order valence-corrected chi connectivity index (χ2v) is 14.0. The zero-order chi connectivity index (χ0) is 49.3. The summed E-state index contributed by atoms with van der Waals surface area (Å²) in [6.07, 6.45) is -13.1. The Kier molecular flexibility index (Phi) is 12.8. The van der Waals surface area contributed by atoms with Crippen LogP contribution in [0.1, 0.15) is 51.8 Å². The minimum Gasteiger partial charge on any atom is -0.508 e. The molecular weight excluding hydrogens is 908 g/mol. The molecule has 5 aromatic carbocycles. The third kappa shape index (κ3) is 9.67. The van der Waals surface area contributed by atoms with E-state index in [1.54, 1.807) is 0 Å². The smallest absolute Gasteiger partial charge is 0.348 e. The number of ether oxygens (including phenoxy) is 6. The Hall–Kier alpha value is -9.59. The van der Waals surface area contributed by atoms with Crippen LogP contribution in [-0.4, -0.2) is 144 Å². The van der Waals surface area contributed by atoms with Gasteiger partial charge < -0.3 is 105 Å². The van der Waals surface area contributed by atoms with Crippen molar-refractivity contribution in [2.24, 2.45) is 0 Å². The molecule has 0 bridgehead atoms. The summed E-state index contributed by atoms with van der Waals surface area (Å²) < 4.78 is 32.7. The van der Waals surface area contributed by atoms with Crippen LogP contribution in [0.2, 0.25) is 0 Å². The van der Waals surface area contributed by atoms with Gasteiger partial charge in [-0.2, -0.15) is 0 Å². The van der Waals surface area contributed by atoms with Crippen LogP contribution < -0.4 is 0 Å². The van der Waals surface area contributed by atoms with Crippen molar-refractivity contribution >= 4 is 29.8 Å². The lowest BCUT2D eigenvalue weighted by atomic mass is 9.97. The van der Waals surface area contributed by atoms with E-state index in [1.165, 1.54) is 0 Å². The van der Waals surface area contributed by atoms with E-state index in [4.69, 9.17) is 28.4 Å². The molecule has 26 nitrogen and oxygen atoms in total. The molecule has 26 heteroatoms. The molecule has 0 amide bonds. The number of hydrogen-bond acceptors (Lipinski definition) is 26. The van der Waals surface area contributed by atoms with Crippen molar-refractivity contribution in [1.29, 1.82) is 0 Å². The van der Waals surface area contributed by atoms with Crippen LogP contribution in [0.3, 0.4) is 0 Å². The Morgan fingerprint density at radius 2 is 0.582 bits per heavy atom. The highest BCUT2D eigenvalue weighted by Crippen LogP contribution is 2.41. The molecule has 0 radical (unpaired) electrons. The van der Waals surface area contributed by atoms with Crippen LogP contribution in [0.25, 0.3) is 0 Å². The molecule has 3 unspecified atom stereocenters. The Bertz CT molecular complexity index is 2720. The van der Waals surface area contributed by atoms with Gasteiger partial charge in [0.15, 0.2) is 12.2 Å². The average Bonchev–Trinajstić information content (AvgIpc) is 3.17. The molecule has 0 aromatic heterocycles. The molecule has 5 aromatic rings. The number of esters is 5. The van der Waals surface area contributed by atoms with Crippen LogP contribution in [0, 0.1) is 0 Å². The van der Waals surface area contributed by atoms with Crippen molar-refractivity contribution in [2.75, 3.05) is 6.61 Å². The van der Waals surface area contributed by atoms with E-state index in [1.807, 2.05) is 0 Å². The number of aromatic hydroxyl groups is 15. The van der Waals surface area contributed by atoms with E-state index in [0.29, 0.717) is 60.7 Å². The van der Waals surface area contributed by atoms with Crippen molar-refractivity contribution in [3.63, 3.8) is 0 Å². The summed E-state index contributed by atoms with van der Waals surface area (Å²) in [6, 6.07) is 5.37. The third-order valence-electron chi connectivity index (χ3n) is 9.35. The minimum atomic E-state index is -2.73. The molecule has 5 atom stereocenters. The maximum Gasteiger partial charge on any atom is 0.348 e. The van der Waals surface area contributed by atoms with Crippen LogP contribution in [0.4, 0.5) is 0 Å². The van der Waals surface area contributed by atoms with E-state index in [2.05, 4.69) is 0 Å². The number of carbonyl (C=O) groups is 5. The summed E-state index contributed by atoms with van der Waals surface area (Å²) in [6.45, 7) is -1.39. The van der Waals surface area contributed by atoms with Crippen molar-refractivity contribution in [2.45, 2.75) is 30.7 Å². The number of hydrogen-bond donors (Lipinski definition) is 15. The maximum absolute atomic E-state index is 14.0. The van der Waals surface area contributed by atoms with Gasteiger partial charge in [0.2, 0.25) is 12.4 Å². The highest BCUT2D eigenvalue weighted by molar-refractivity contribution is 5.99. The maximum atomic E-state index is 14.0. The minimum absolute atomic E-state index is 0.514. The van der Waals surface area contributed by atoms with E-state index in [9.17, 15) is 101 Å². The number of benzene rings is 5. The lowest BCUT2D eigenvalue weighted by Crippen LogP contribution is -2.63. The Morgan fingerprint density at radius 1 is 0.343 bits per heavy atom. The Morgan fingerprint density at radius 3 is 0.881 bits per heavy atom.